The molecular formula is C51H38N4. The van der Waals surface area contributed by atoms with Gasteiger partial charge in [0.25, 0.3) is 0 Å². The van der Waals surface area contributed by atoms with Crippen LogP contribution in [-0.4, -0.2) is 19.9 Å². The van der Waals surface area contributed by atoms with Crippen LogP contribution in [0, 0.1) is 17.8 Å². The lowest BCUT2D eigenvalue weighted by atomic mass is 9.28. The number of hydrogen-bond donors (Lipinski definition) is 0. The lowest BCUT2D eigenvalue weighted by molar-refractivity contribution is -0.219. The molecule has 0 radical (unpaired) electrons. The molecule has 6 aromatic carbocycles. The Labute approximate surface area is 321 Å². The van der Waals surface area contributed by atoms with Crippen LogP contribution in [-0.2, 0) is 5.41 Å². The van der Waals surface area contributed by atoms with Crippen LogP contribution < -0.4 is 0 Å². The molecule has 0 bridgehead atoms. The van der Waals surface area contributed by atoms with Crippen molar-refractivity contribution >= 4 is 0 Å². The van der Waals surface area contributed by atoms with E-state index in [9.17, 15) is 0 Å². The molecule has 3 fully saturated rings. The fraction of sp³-hybridized carbons (Fsp3) is 0.137. The maximum atomic E-state index is 5.27. The van der Waals surface area contributed by atoms with Gasteiger partial charge in [-0.1, -0.05) is 152 Å². The summed E-state index contributed by atoms with van der Waals surface area (Å²) in [6.07, 6.45) is 4.20. The Hall–Kier alpha value is -6.52. The monoisotopic (exact) mass is 706 g/mol. The lowest BCUT2D eigenvalue weighted by Crippen LogP contribution is -2.71. The van der Waals surface area contributed by atoms with Crippen LogP contribution in [0.4, 0.5) is 0 Å². The highest BCUT2D eigenvalue weighted by Gasteiger charge is 2.71. The van der Waals surface area contributed by atoms with Gasteiger partial charge in [0.15, 0.2) is 11.6 Å². The van der Waals surface area contributed by atoms with Gasteiger partial charge in [-0.05, 0) is 83.4 Å². The highest BCUT2D eigenvalue weighted by atomic mass is 14.9. The van der Waals surface area contributed by atoms with Gasteiger partial charge < -0.3 is 0 Å². The standard InChI is InChI=1S/C51H38N4/c1-4-12-33(13-5-1)37-18-10-19-38(26-37)47-30-46(36-22-24-43(25-23-36)51-31-41-28-42(32-51)48(41)51)54-50(55-47)40-21-11-20-39(27-40)49-52-44(34-14-6-2-7-15-34)29-45(53-49)35-16-8-3-9-17-35/h1-27,29-30,41-42,48H,28,31-32H2. The van der Waals surface area contributed by atoms with Gasteiger partial charge in [0.2, 0.25) is 0 Å². The average Bonchev–Trinajstić information content (AvgIpc) is 3.27. The topological polar surface area (TPSA) is 51.6 Å². The van der Waals surface area contributed by atoms with Crippen molar-refractivity contribution in [3.8, 4) is 78.9 Å². The molecule has 0 N–H and O–H groups in total. The maximum absolute atomic E-state index is 5.27. The van der Waals surface area contributed by atoms with Crippen molar-refractivity contribution in [1.82, 2.24) is 19.9 Å². The molecule has 4 heteroatoms. The molecule has 2 atom stereocenters. The van der Waals surface area contributed by atoms with E-state index < -0.39 is 0 Å². The molecule has 0 amide bonds. The van der Waals surface area contributed by atoms with Crippen molar-refractivity contribution in [3.05, 3.63) is 181 Å². The third-order valence-corrected chi connectivity index (χ3v) is 12.5. The second-order valence-corrected chi connectivity index (χ2v) is 15.6. The van der Waals surface area contributed by atoms with Gasteiger partial charge in [0, 0.05) is 33.4 Å². The Kier molecular flexibility index (Phi) is 7.44. The fourth-order valence-electron chi connectivity index (χ4n) is 9.81. The minimum Gasteiger partial charge on any atom is -0.228 e. The molecule has 3 aliphatic carbocycles. The summed E-state index contributed by atoms with van der Waals surface area (Å²) in [5.41, 5.74) is 13.9. The molecule has 2 aromatic heterocycles. The molecular weight excluding hydrogens is 669 g/mol. The summed E-state index contributed by atoms with van der Waals surface area (Å²) >= 11 is 0. The smallest absolute Gasteiger partial charge is 0.160 e. The largest absolute Gasteiger partial charge is 0.228 e. The van der Waals surface area contributed by atoms with Gasteiger partial charge in [0.1, 0.15) is 0 Å². The van der Waals surface area contributed by atoms with E-state index in [1.165, 1.54) is 30.4 Å². The van der Waals surface area contributed by atoms with Crippen molar-refractivity contribution in [2.45, 2.75) is 24.7 Å². The summed E-state index contributed by atoms with van der Waals surface area (Å²) in [6, 6.07) is 61.7. The van der Waals surface area contributed by atoms with Gasteiger partial charge in [-0.3, -0.25) is 0 Å². The Balaban J connectivity index is 1.02. The SMILES string of the molecule is c1ccc(-c2cccc(-c3cc(-c4ccc(C56CC7CC(C5)C76)cc4)nc(-c4cccc(-c5nc(-c6ccccc6)cc(-c6ccccc6)n5)c4)n3)c2)cc1. The van der Waals surface area contributed by atoms with Gasteiger partial charge >= 0.3 is 0 Å². The zero-order valence-corrected chi connectivity index (χ0v) is 30.4. The molecule has 4 nitrogen and oxygen atoms in total. The highest BCUT2D eigenvalue weighted by Crippen LogP contribution is 2.77. The second-order valence-electron chi connectivity index (χ2n) is 15.6. The first-order valence-electron chi connectivity index (χ1n) is 19.4. The zero-order chi connectivity index (χ0) is 36.3. The normalized spacial score (nSPS) is 20.4. The summed E-state index contributed by atoms with van der Waals surface area (Å²) in [5.74, 6) is 4.21. The van der Waals surface area contributed by atoms with Crippen LogP contribution in [0.2, 0.25) is 0 Å². The Morgan fingerprint density at radius 3 is 1.24 bits per heavy atom. The van der Waals surface area contributed by atoms with Crippen LogP contribution in [0.1, 0.15) is 24.8 Å². The van der Waals surface area contributed by atoms with E-state index in [-0.39, 0.29) is 0 Å². The third kappa shape index (κ3) is 5.51. The second kappa shape index (κ2) is 12.8. The summed E-state index contributed by atoms with van der Waals surface area (Å²) < 4.78 is 0. The third-order valence-electron chi connectivity index (χ3n) is 12.5. The number of rotatable bonds is 8. The molecule has 8 aromatic rings. The van der Waals surface area contributed by atoms with Crippen molar-refractivity contribution < 1.29 is 0 Å². The fourth-order valence-corrected chi connectivity index (χ4v) is 9.81. The summed E-state index contributed by atoms with van der Waals surface area (Å²) in [5, 5.41) is 0. The molecule has 2 unspecified atom stereocenters. The van der Waals surface area contributed by atoms with Gasteiger partial charge in [-0.2, -0.15) is 0 Å². The van der Waals surface area contributed by atoms with E-state index in [0.717, 1.165) is 79.5 Å². The number of hydrogen-bond acceptors (Lipinski definition) is 4. The van der Waals surface area contributed by atoms with Crippen molar-refractivity contribution in [2.24, 2.45) is 17.8 Å². The van der Waals surface area contributed by atoms with Crippen molar-refractivity contribution in [1.29, 1.82) is 0 Å². The summed E-state index contributed by atoms with van der Waals surface area (Å²) in [6.45, 7) is 0. The van der Waals surface area contributed by atoms with E-state index in [4.69, 9.17) is 19.9 Å². The summed E-state index contributed by atoms with van der Waals surface area (Å²) in [7, 11) is 0. The van der Waals surface area contributed by atoms with Gasteiger partial charge in [0.05, 0.1) is 22.8 Å². The average molecular weight is 707 g/mol. The van der Waals surface area contributed by atoms with Crippen molar-refractivity contribution in [2.75, 3.05) is 0 Å². The van der Waals surface area contributed by atoms with Gasteiger partial charge in [-0.15, -0.1) is 0 Å². The number of aromatic nitrogens is 4. The summed E-state index contributed by atoms with van der Waals surface area (Å²) in [4.78, 5) is 20.7. The number of benzene rings is 6. The Morgan fingerprint density at radius 1 is 0.345 bits per heavy atom. The first-order valence-corrected chi connectivity index (χ1v) is 19.4. The predicted octanol–water partition coefficient (Wildman–Crippen LogP) is 12.2. The molecule has 0 saturated heterocycles. The first kappa shape index (κ1) is 32.0. The van der Waals surface area contributed by atoms with Gasteiger partial charge in [-0.25, -0.2) is 19.9 Å². The predicted molar refractivity (Wildman–Crippen MR) is 222 cm³/mol. The molecule has 0 spiro atoms. The lowest BCUT2D eigenvalue weighted by Gasteiger charge is -2.76. The van der Waals surface area contributed by atoms with E-state index in [2.05, 4.69) is 140 Å². The number of nitrogens with zero attached hydrogens (tertiary/aromatic N) is 4. The Bertz CT molecular complexity index is 2620. The molecule has 0 aliphatic heterocycles. The zero-order valence-electron chi connectivity index (χ0n) is 30.4. The van der Waals surface area contributed by atoms with E-state index in [1.54, 1.807) is 0 Å². The quantitative estimate of drug-likeness (QED) is 0.158. The maximum Gasteiger partial charge on any atom is 0.160 e. The van der Waals surface area contributed by atoms with E-state index in [1.807, 2.05) is 36.4 Å². The Morgan fingerprint density at radius 2 is 0.745 bits per heavy atom. The highest BCUT2D eigenvalue weighted by molar-refractivity contribution is 5.78. The van der Waals surface area contributed by atoms with E-state index >= 15 is 0 Å². The van der Waals surface area contributed by atoms with Crippen LogP contribution >= 0.6 is 0 Å². The molecule has 2 heterocycles. The molecule has 3 aliphatic rings. The minimum atomic E-state index is 0.437. The van der Waals surface area contributed by atoms with E-state index in [0.29, 0.717) is 17.1 Å². The van der Waals surface area contributed by atoms with Crippen LogP contribution in [0.3, 0.4) is 0 Å². The first-order chi connectivity index (χ1) is 27.2. The van der Waals surface area contributed by atoms with Crippen LogP contribution in [0.5, 0.6) is 0 Å². The molecule has 11 rings (SSSR count). The molecule has 55 heavy (non-hydrogen) atoms. The van der Waals surface area contributed by atoms with Crippen LogP contribution in [0.15, 0.2) is 176 Å². The van der Waals surface area contributed by atoms with Crippen molar-refractivity contribution in [3.63, 3.8) is 0 Å². The molecule has 262 valence electrons. The minimum absolute atomic E-state index is 0.437. The molecule has 3 saturated carbocycles. The van der Waals surface area contributed by atoms with Crippen LogP contribution in [0.25, 0.3) is 78.9 Å².